The SMILES string of the molecule is Cc1ccc(C[NH+]2CC[NH+]([C@H]3CCC[C@@H](C)C3)CC2)cc1. The summed E-state index contributed by atoms with van der Waals surface area (Å²) in [4.78, 5) is 3.70. The molecular weight excluding hydrogens is 256 g/mol. The average molecular weight is 288 g/mol. The van der Waals surface area contributed by atoms with E-state index in [-0.39, 0.29) is 0 Å². The predicted octanol–water partition coefficient (Wildman–Crippen LogP) is 0.857. The summed E-state index contributed by atoms with van der Waals surface area (Å²) in [5.74, 6) is 0.967. The number of quaternary nitrogens is 2. The number of piperazine rings is 1. The Balaban J connectivity index is 1.47. The van der Waals surface area contributed by atoms with Crippen LogP contribution in [0.25, 0.3) is 0 Å². The molecule has 116 valence electrons. The summed E-state index contributed by atoms with van der Waals surface area (Å²) in [6.07, 6.45) is 5.89. The first kappa shape index (κ1) is 15.1. The molecule has 2 aliphatic rings. The fourth-order valence-electron chi connectivity index (χ4n) is 4.31. The van der Waals surface area contributed by atoms with Crippen molar-refractivity contribution in [2.45, 2.75) is 52.1 Å². The summed E-state index contributed by atoms with van der Waals surface area (Å²) in [5.41, 5.74) is 2.87. The van der Waals surface area contributed by atoms with Gasteiger partial charge in [0.25, 0.3) is 0 Å². The van der Waals surface area contributed by atoms with E-state index in [1.165, 1.54) is 69.5 Å². The number of aryl methyl sites for hydroxylation is 1. The number of hydrogen-bond donors (Lipinski definition) is 2. The first-order valence-corrected chi connectivity index (χ1v) is 8.94. The fraction of sp³-hybridized carbons (Fsp3) is 0.684. The molecule has 0 bridgehead atoms. The van der Waals surface area contributed by atoms with Gasteiger partial charge in [-0.1, -0.05) is 43.2 Å². The minimum absolute atomic E-state index is 0.967. The number of benzene rings is 1. The molecule has 3 rings (SSSR count). The summed E-state index contributed by atoms with van der Waals surface area (Å²) in [5, 5.41) is 0. The highest BCUT2D eigenvalue weighted by Gasteiger charge is 2.32. The third-order valence-electron chi connectivity index (χ3n) is 5.69. The molecular formula is C19H32N2+2. The first-order valence-electron chi connectivity index (χ1n) is 8.94. The summed E-state index contributed by atoms with van der Waals surface area (Å²) in [6, 6.07) is 10.1. The van der Waals surface area contributed by atoms with Crippen LogP contribution in [0.5, 0.6) is 0 Å². The van der Waals surface area contributed by atoms with Crippen LogP contribution in [0.3, 0.4) is 0 Å². The maximum Gasteiger partial charge on any atom is 0.127 e. The van der Waals surface area contributed by atoms with E-state index in [1.807, 2.05) is 4.90 Å². The monoisotopic (exact) mass is 288 g/mol. The van der Waals surface area contributed by atoms with Crippen molar-refractivity contribution in [3.8, 4) is 0 Å². The molecule has 0 spiro atoms. The Kier molecular flexibility index (Phi) is 4.97. The van der Waals surface area contributed by atoms with Gasteiger partial charge in [-0.15, -0.1) is 0 Å². The van der Waals surface area contributed by atoms with E-state index < -0.39 is 0 Å². The Labute approximate surface area is 130 Å². The second-order valence-corrected chi connectivity index (χ2v) is 7.54. The van der Waals surface area contributed by atoms with Crippen LogP contribution in [0.2, 0.25) is 0 Å². The summed E-state index contributed by atoms with van der Waals surface area (Å²) < 4.78 is 0. The predicted molar refractivity (Wildman–Crippen MR) is 87.7 cm³/mol. The summed E-state index contributed by atoms with van der Waals surface area (Å²) in [7, 11) is 0. The number of hydrogen-bond acceptors (Lipinski definition) is 0. The minimum Gasteiger partial charge on any atom is -0.323 e. The van der Waals surface area contributed by atoms with Crippen molar-refractivity contribution in [1.82, 2.24) is 0 Å². The molecule has 2 heteroatoms. The lowest BCUT2D eigenvalue weighted by molar-refractivity contribution is -1.03. The largest absolute Gasteiger partial charge is 0.323 e. The molecule has 1 aromatic rings. The Morgan fingerprint density at radius 1 is 1.00 bits per heavy atom. The van der Waals surface area contributed by atoms with Crippen molar-refractivity contribution in [3.63, 3.8) is 0 Å². The van der Waals surface area contributed by atoms with Crippen molar-refractivity contribution in [1.29, 1.82) is 0 Å². The Bertz CT molecular complexity index is 431. The lowest BCUT2D eigenvalue weighted by Gasteiger charge is -2.37. The van der Waals surface area contributed by atoms with E-state index in [4.69, 9.17) is 0 Å². The fourth-order valence-corrected chi connectivity index (χ4v) is 4.31. The van der Waals surface area contributed by atoms with Gasteiger partial charge in [0.05, 0.1) is 6.04 Å². The standard InChI is InChI=1S/C19H30N2/c1-16-6-8-18(9-7-16)15-20-10-12-21(13-11-20)19-5-3-4-17(2)14-19/h6-9,17,19H,3-5,10-15H2,1-2H3/p+2/t17-,19+/m1/s1. The quantitative estimate of drug-likeness (QED) is 0.816. The van der Waals surface area contributed by atoms with E-state index in [2.05, 4.69) is 38.1 Å². The van der Waals surface area contributed by atoms with Gasteiger partial charge in [-0.3, -0.25) is 0 Å². The van der Waals surface area contributed by atoms with Crippen LogP contribution in [0.15, 0.2) is 24.3 Å². The molecule has 2 fully saturated rings. The molecule has 1 aliphatic carbocycles. The highest BCUT2D eigenvalue weighted by atomic mass is 15.3. The Hall–Kier alpha value is -0.860. The molecule has 0 amide bonds. The van der Waals surface area contributed by atoms with Crippen molar-refractivity contribution in [3.05, 3.63) is 35.4 Å². The van der Waals surface area contributed by atoms with Gasteiger partial charge in [0.15, 0.2) is 0 Å². The third kappa shape index (κ3) is 4.08. The van der Waals surface area contributed by atoms with Gasteiger partial charge in [0, 0.05) is 12.0 Å². The Morgan fingerprint density at radius 2 is 1.71 bits per heavy atom. The normalized spacial score (nSPS) is 33.8. The van der Waals surface area contributed by atoms with Crippen molar-refractivity contribution >= 4 is 0 Å². The van der Waals surface area contributed by atoms with Gasteiger partial charge in [0.1, 0.15) is 32.7 Å². The van der Waals surface area contributed by atoms with E-state index in [1.54, 1.807) is 4.90 Å². The van der Waals surface area contributed by atoms with Crippen LogP contribution in [0.4, 0.5) is 0 Å². The maximum absolute atomic E-state index is 2.45. The van der Waals surface area contributed by atoms with E-state index in [0.717, 1.165) is 12.0 Å². The lowest BCUT2D eigenvalue weighted by Crippen LogP contribution is -3.29. The van der Waals surface area contributed by atoms with Gasteiger partial charge in [-0.2, -0.15) is 0 Å². The molecule has 21 heavy (non-hydrogen) atoms. The van der Waals surface area contributed by atoms with E-state index >= 15 is 0 Å². The van der Waals surface area contributed by atoms with Crippen molar-refractivity contribution < 1.29 is 9.80 Å². The first-order chi connectivity index (χ1) is 10.2. The number of nitrogens with one attached hydrogen (secondary N) is 2. The molecule has 1 heterocycles. The smallest absolute Gasteiger partial charge is 0.127 e. The minimum atomic E-state index is 0.967. The van der Waals surface area contributed by atoms with Crippen molar-refractivity contribution in [2.75, 3.05) is 26.2 Å². The second-order valence-electron chi connectivity index (χ2n) is 7.54. The molecule has 1 aliphatic heterocycles. The zero-order valence-corrected chi connectivity index (χ0v) is 13.8. The molecule has 1 aromatic carbocycles. The molecule has 0 aromatic heterocycles. The molecule has 1 saturated carbocycles. The van der Waals surface area contributed by atoms with Crippen LogP contribution in [-0.4, -0.2) is 32.2 Å². The molecule has 2 N–H and O–H groups in total. The maximum atomic E-state index is 2.45. The average Bonchev–Trinajstić information content (AvgIpc) is 2.50. The zero-order valence-electron chi connectivity index (χ0n) is 13.8. The van der Waals surface area contributed by atoms with E-state index in [9.17, 15) is 0 Å². The molecule has 2 atom stereocenters. The molecule has 2 nitrogen and oxygen atoms in total. The molecule has 0 unspecified atom stereocenters. The second kappa shape index (κ2) is 6.93. The highest BCUT2D eigenvalue weighted by molar-refractivity contribution is 5.20. The molecule has 0 radical (unpaired) electrons. The summed E-state index contributed by atoms with van der Waals surface area (Å²) >= 11 is 0. The van der Waals surface area contributed by atoms with Crippen LogP contribution >= 0.6 is 0 Å². The molecule has 1 saturated heterocycles. The van der Waals surface area contributed by atoms with Crippen LogP contribution in [-0.2, 0) is 6.54 Å². The number of rotatable bonds is 3. The topological polar surface area (TPSA) is 8.88 Å². The van der Waals surface area contributed by atoms with Gasteiger partial charge >= 0.3 is 0 Å². The van der Waals surface area contributed by atoms with E-state index in [0.29, 0.717) is 0 Å². The highest BCUT2D eigenvalue weighted by Crippen LogP contribution is 2.21. The van der Waals surface area contributed by atoms with Gasteiger partial charge in [-0.05, 0) is 25.7 Å². The van der Waals surface area contributed by atoms with Crippen molar-refractivity contribution in [2.24, 2.45) is 5.92 Å². The Morgan fingerprint density at radius 3 is 2.38 bits per heavy atom. The summed E-state index contributed by atoms with van der Waals surface area (Å²) in [6.45, 7) is 11.3. The van der Waals surface area contributed by atoms with Gasteiger partial charge in [-0.25, -0.2) is 0 Å². The van der Waals surface area contributed by atoms with Gasteiger partial charge < -0.3 is 9.80 Å². The lowest BCUT2D eigenvalue weighted by atomic mass is 9.86. The van der Waals surface area contributed by atoms with Gasteiger partial charge in [0.2, 0.25) is 0 Å². The van der Waals surface area contributed by atoms with Crippen LogP contribution in [0.1, 0.15) is 43.7 Å². The third-order valence-corrected chi connectivity index (χ3v) is 5.69. The van der Waals surface area contributed by atoms with Crippen LogP contribution < -0.4 is 9.80 Å². The zero-order chi connectivity index (χ0) is 14.7. The van der Waals surface area contributed by atoms with Crippen LogP contribution in [0, 0.1) is 12.8 Å².